The Morgan fingerprint density at radius 3 is 2.77 bits per heavy atom. The number of aromatic nitrogens is 5. The smallest absolute Gasteiger partial charge is 0.434 e. The van der Waals surface area contributed by atoms with Crippen LogP contribution in [0.2, 0.25) is 0 Å². The van der Waals surface area contributed by atoms with Gasteiger partial charge in [0.05, 0.1) is 25.3 Å². The molecule has 180 valence electrons. The molecule has 3 heterocycles. The van der Waals surface area contributed by atoms with Gasteiger partial charge >= 0.3 is 6.18 Å². The molecule has 35 heavy (non-hydrogen) atoms. The highest BCUT2D eigenvalue weighted by Gasteiger charge is 2.34. The average Bonchev–Trinajstić information content (AvgIpc) is 3.47. The van der Waals surface area contributed by atoms with Crippen molar-refractivity contribution < 1.29 is 22.7 Å². The van der Waals surface area contributed by atoms with Gasteiger partial charge in [-0.25, -0.2) is 9.67 Å². The van der Waals surface area contributed by atoms with Gasteiger partial charge in [-0.15, -0.1) is 5.10 Å². The molecule has 1 N–H and O–H groups in total. The number of ether oxygens (including phenoxy) is 1. The number of hydrogen-bond acceptors (Lipinski definition) is 5. The molecule has 12 heteroatoms. The minimum absolute atomic E-state index is 0.188. The van der Waals surface area contributed by atoms with Gasteiger partial charge in [0.1, 0.15) is 17.5 Å². The first-order valence-electron chi connectivity index (χ1n) is 10.5. The molecule has 1 atom stereocenters. The van der Waals surface area contributed by atoms with E-state index < -0.39 is 17.9 Å². The zero-order valence-corrected chi connectivity index (χ0v) is 19.8. The van der Waals surface area contributed by atoms with Crippen LogP contribution in [0.5, 0.6) is 5.75 Å². The zero-order valence-electron chi connectivity index (χ0n) is 18.3. The normalized spacial score (nSPS) is 15.9. The third-order valence-electron chi connectivity index (χ3n) is 5.80. The van der Waals surface area contributed by atoms with Gasteiger partial charge in [0.15, 0.2) is 5.69 Å². The Morgan fingerprint density at radius 2 is 2.03 bits per heavy atom. The van der Waals surface area contributed by atoms with Crippen LogP contribution >= 0.6 is 15.9 Å². The first kappa shape index (κ1) is 23.1. The first-order valence-corrected chi connectivity index (χ1v) is 11.3. The standard InChI is InChI=1S/C23H18BrF3N6O2/c1-35-20-9-13(5-7-18(20)32-11-21(28-12-32)23(25,26)27)17-10-33(31-30-17)19-8-6-14-15(24)3-2-4-16(14)29-22(19)34/h2-5,7,9-12,19H,6,8H2,1H3,(H,29,34). The first-order chi connectivity index (χ1) is 16.7. The number of hydrogen-bond donors (Lipinski definition) is 1. The molecule has 0 fully saturated rings. The molecular weight excluding hydrogens is 529 g/mol. The molecule has 5 rings (SSSR count). The van der Waals surface area contributed by atoms with Gasteiger partial charge in [-0.1, -0.05) is 33.3 Å². The highest BCUT2D eigenvalue weighted by molar-refractivity contribution is 9.10. The van der Waals surface area contributed by atoms with Gasteiger partial charge in [-0.2, -0.15) is 13.2 Å². The number of nitrogens with zero attached hydrogens (tertiary/aromatic N) is 5. The van der Waals surface area contributed by atoms with Crippen LogP contribution in [0.4, 0.5) is 18.9 Å². The maximum atomic E-state index is 12.9. The number of nitrogens with one attached hydrogen (secondary N) is 1. The summed E-state index contributed by atoms with van der Waals surface area (Å²) in [7, 11) is 1.42. The number of benzene rings is 2. The second-order valence-corrected chi connectivity index (χ2v) is 8.80. The summed E-state index contributed by atoms with van der Waals surface area (Å²) >= 11 is 3.54. The minimum atomic E-state index is -4.54. The van der Waals surface area contributed by atoms with E-state index in [1.807, 2.05) is 18.2 Å². The molecule has 1 aliphatic rings. The maximum absolute atomic E-state index is 12.9. The predicted octanol–water partition coefficient (Wildman–Crippen LogP) is 5.05. The quantitative estimate of drug-likeness (QED) is 0.387. The third-order valence-corrected chi connectivity index (χ3v) is 6.55. The van der Waals surface area contributed by atoms with E-state index in [0.29, 0.717) is 35.5 Å². The van der Waals surface area contributed by atoms with Crippen LogP contribution in [-0.4, -0.2) is 37.6 Å². The number of halogens is 4. The number of methoxy groups -OCH3 is 1. The van der Waals surface area contributed by atoms with Crippen molar-refractivity contribution in [3.05, 3.63) is 70.8 Å². The molecule has 8 nitrogen and oxygen atoms in total. The Labute approximate surface area is 205 Å². The second-order valence-electron chi connectivity index (χ2n) is 7.94. The van der Waals surface area contributed by atoms with Gasteiger partial charge in [0, 0.05) is 21.9 Å². The van der Waals surface area contributed by atoms with Crippen molar-refractivity contribution in [3.63, 3.8) is 0 Å². The van der Waals surface area contributed by atoms with Crippen molar-refractivity contribution in [2.75, 3.05) is 12.4 Å². The molecule has 0 radical (unpaired) electrons. The highest BCUT2D eigenvalue weighted by Crippen LogP contribution is 2.34. The Morgan fingerprint density at radius 1 is 1.20 bits per heavy atom. The SMILES string of the molecule is COc1cc(-c2cn(C3CCc4c(Br)cccc4NC3=O)nn2)ccc1-n1cnc(C(F)(F)F)c1. The monoisotopic (exact) mass is 546 g/mol. The summed E-state index contributed by atoms with van der Waals surface area (Å²) < 4.78 is 47.9. The van der Waals surface area contributed by atoms with Crippen LogP contribution in [0.3, 0.4) is 0 Å². The van der Waals surface area contributed by atoms with Crippen molar-refractivity contribution in [2.24, 2.45) is 0 Å². The molecule has 0 saturated carbocycles. The van der Waals surface area contributed by atoms with Crippen LogP contribution in [0.25, 0.3) is 16.9 Å². The number of anilines is 1. The van der Waals surface area contributed by atoms with E-state index in [4.69, 9.17) is 4.74 Å². The van der Waals surface area contributed by atoms with Crippen LogP contribution in [0.15, 0.2) is 59.6 Å². The van der Waals surface area contributed by atoms with E-state index in [-0.39, 0.29) is 5.91 Å². The van der Waals surface area contributed by atoms with Crippen molar-refractivity contribution >= 4 is 27.5 Å². The second kappa shape index (κ2) is 8.84. The largest absolute Gasteiger partial charge is 0.495 e. The molecule has 1 amide bonds. The van der Waals surface area contributed by atoms with Crippen LogP contribution in [-0.2, 0) is 17.4 Å². The third kappa shape index (κ3) is 4.41. The number of rotatable bonds is 4. The summed E-state index contributed by atoms with van der Waals surface area (Å²) in [4.78, 5) is 16.3. The number of amides is 1. The number of imidazole rings is 1. The zero-order chi connectivity index (χ0) is 24.7. The number of alkyl halides is 3. The number of carbonyl (C=O) groups is 1. The summed E-state index contributed by atoms with van der Waals surface area (Å²) in [6, 6.07) is 10.1. The Bertz CT molecular complexity index is 1410. The lowest BCUT2D eigenvalue weighted by Gasteiger charge is -2.12. The fourth-order valence-corrected chi connectivity index (χ4v) is 4.59. The van der Waals surface area contributed by atoms with E-state index in [1.165, 1.54) is 16.4 Å². The summed E-state index contributed by atoms with van der Waals surface area (Å²) in [5, 5.41) is 11.3. The molecule has 0 saturated heterocycles. The lowest BCUT2D eigenvalue weighted by atomic mass is 10.1. The van der Waals surface area contributed by atoms with E-state index in [0.717, 1.165) is 28.2 Å². The molecule has 0 spiro atoms. The maximum Gasteiger partial charge on any atom is 0.434 e. The predicted molar refractivity (Wildman–Crippen MR) is 124 cm³/mol. The molecule has 4 aromatic rings. The van der Waals surface area contributed by atoms with Gasteiger partial charge in [0.2, 0.25) is 5.91 Å². The van der Waals surface area contributed by atoms with Gasteiger partial charge in [-0.05, 0) is 42.7 Å². The van der Waals surface area contributed by atoms with Crippen molar-refractivity contribution in [1.29, 1.82) is 0 Å². The fraction of sp³-hybridized carbons (Fsp3) is 0.217. The number of fused-ring (bicyclic) bond motifs is 1. The highest BCUT2D eigenvalue weighted by atomic mass is 79.9. The lowest BCUT2D eigenvalue weighted by Crippen LogP contribution is -2.25. The summed E-state index contributed by atoms with van der Waals surface area (Å²) in [5.41, 5.74) is 2.30. The van der Waals surface area contributed by atoms with E-state index >= 15 is 0 Å². The molecule has 2 aromatic heterocycles. The molecule has 2 aromatic carbocycles. The topological polar surface area (TPSA) is 86.9 Å². The van der Waals surface area contributed by atoms with E-state index in [1.54, 1.807) is 24.4 Å². The molecule has 1 aliphatic heterocycles. The molecule has 0 aliphatic carbocycles. The van der Waals surface area contributed by atoms with E-state index in [2.05, 4.69) is 36.5 Å². The Kier molecular flexibility index (Phi) is 5.83. The van der Waals surface area contributed by atoms with Crippen molar-refractivity contribution in [2.45, 2.75) is 25.1 Å². The van der Waals surface area contributed by atoms with Crippen molar-refractivity contribution in [3.8, 4) is 22.7 Å². The fourth-order valence-electron chi connectivity index (χ4n) is 4.02. The summed E-state index contributed by atoms with van der Waals surface area (Å²) in [6.07, 6.45) is 0.311. The van der Waals surface area contributed by atoms with Crippen LogP contribution < -0.4 is 10.1 Å². The van der Waals surface area contributed by atoms with Gasteiger partial charge in [-0.3, -0.25) is 4.79 Å². The van der Waals surface area contributed by atoms with Gasteiger partial charge in [0.25, 0.3) is 0 Å². The number of carbonyl (C=O) groups excluding carboxylic acids is 1. The van der Waals surface area contributed by atoms with Gasteiger partial charge < -0.3 is 14.6 Å². The lowest BCUT2D eigenvalue weighted by molar-refractivity contribution is -0.140. The molecule has 0 bridgehead atoms. The summed E-state index contributed by atoms with van der Waals surface area (Å²) in [5.74, 6) is 0.141. The molecule has 1 unspecified atom stereocenters. The Hall–Kier alpha value is -3.67. The van der Waals surface area contributed by atoms with Crippen molar-refractivity contribution in [1.82, 2.24) is 24.5 Å². The Balaban J connectivity index is 1.41. The summed E-state index contributed by atoms with van der Waals surface area (Å²) in [6.45, 7) is 0. The minimum Gasteiger partial charge on any atom is -0.495 e. The van der Waals surface area contributed by atoms with Crippen LogP contribution in [0.1, 0.15) is 23.7 Å². The van der Waals surface area contributed by atoms with Crippen LogP contribution in [0, 0.1) is 0 Å². The average molecular weight is 547 g/mol. The van der Waals surface area contributed by atoms with E-state index in [9.17, 15) is 18.0 Å². The molecular formula is C23H18BrF3N6O2.